The topological polar surface area (TPSA) is 29.5 Å². The third-order valence-corrected chi connectivity index (χ3v) is 4.50. The summed E-state index contributed by atoms with van der Waals surface area (Å²) in [5.41, 5.74) is 2.26. The van der Waals surface area contributed by atoms with E-state index in [9.17, 15) is 4.79 Å². The van der Waals surface area contributed by atoms with Gasteiger partial charge in [0.15, 0.2) is 0 Å². The second-order valence-electron chi connectivity index (χ2n) is 6.25. The molecule has 24 heavy (non-hydrogen) atoms. The van der Waals surface area contributed by atoms with Gasteiger partial charge in [-0.1, -0.05) is 67.6 Å². The molecule has 1 unspecified atom stereocenters. The fourth-order valence-electron chi connectivity index (χ4n) is 3.39. The first-order valence-corrected chi connectivity index (χ1v) is 8.82. The summed E-state index contributed by atoms with van der Waals surface area (Å²) < 4.78 is 6.26. The van der Waals surface area contributed by atoms with Gasteiger partial charge in [-0.2, -0.15) is 0 Å². The van der Waals surface area contributed by atoms with Crippen LogP contribution in [0, 0.1) is 0 Å². The molecule has 0 aromatic heterocycles. The van der Waals surface area contributed by atoms with Crippen molar-refractivity contribution in [2.75, 3.05) is 13.2 Å². The molecule has 1 amide bonds. The van der Waals surface area contributed by atoms with E-state index in [4.69, 9.17) is 4.74 Å². The van der Waals surface area contributed by atoms with Crippen LogP contribution in [0.5, 0.6) is 0 Å². The summed E-state index contributed by atoms with van der Waals surface area (Å²) in [6.07, 6.45) is 2.38. The second kappa shape index (κ2) is 8.11. The van der Waals surface area contributed by atoms with E-state index in [0.717, 1.165) is 30.5 Å². The molecule has 0 N–H and O–H groups in total. The molecule has 0 saturated carbocycles. The van der Waals surface area contributed by atoms with Gasteiger partial charge in [0, 0.05) is 19.6 Å². The predicted molar refractivity (Wildman–Crippen MR) is 95.6 cm³/mol. The van der Waals surface area contributed by atoms with E-state index in [1.54, 1.807) is 0 Å². The molecular weight excluding hydrogens is 298 g/mol. The third kappa shape index (κ3) is 3.68. The number of hydrogen-bond acceptors (Lipinski definition) is 2. The first-order valence-electron chi connectivity index (χ1n) is 8.82. The number of amides is 1. The van der Waals surface area contributed by atoms with Crippen LogP contribution in [0.2, 0.25) is 0 Å². The highest BCUT2D eigenvalue weighted by Crippen LogP contribution is 2.39. The van der Waals surface area contributed by atoms with E-state index in [0.29, 0.717) is 13.0 Å². The molecule has 126 valence electrons. The number of nitrogens with zero attached hydrogens (tertiary/aromatic N) is 1. The molecule has 0 radical (unpaired) electrons. The van der Waals surface area contributed by atoms with Crippen LogP contribution in [0.25, 0.3) is 0 Å². The molecule has 1 fully saturated rings. The lowest BCUT2D eigenvalue weighted by atomic mass is 9.94. The van der Waals surface area contributed by atoms with Crippen LogP contribution in [0.3, 0.4) is 0 Å². The van der Waals surface area contributed by atoms with Crippen molar-refractivity contribution in [3.8, 4) is 0 Å². The van der Waals surface area contributed by atoms with Crippen molar-refractivity contribution in [3.05, 3.63) is 71.8 Å². The number of benzene rings is 2. The van der Waals surface area contributed by atoms with Crippen LogP contribution in [0.4, 0.5) is 0 Å². The van der Waals surface area contributed by atoms with Gasteiger partial charge >= 0.3 is 0 Å². The molecule has 1 heterocycles. The number of rotatable bonds is 7. The summed E-state index contributed by atoms with van der Waals surface area (Å²) in [6, 6.07) is 20.5. The highest BCUT2D eigenvalue weighted by atomic mass is 16.5. The highest BCUT2D eigenvalue weighted by Gasteiger charge is 2.36. The summed E-state index contributed by atoms with van der Waals surface area (Å²) in [4.78, 5) is 14.5. The van der Waals surface area contributed by atoms with E-state index in [1.165, 1.54) is 0 Å². The average molecular weight is 323 g/mol. The standard InChI is InChI=1S/C21H25NO2/c1-2-16-24-21(18-12-7-4-8-13-18)20(17-10-5-3-6-11-17)22-15-9-14-19(22)23/h3-8,10-13,20-21H,2,9,14-16H2,1H3/t20?,21-/m1/s1. The zero-order valence-electron chi connectivity index (χ0n) is 14.2. The van der Waals surface area contributed by atoms with E-state index in [2.05, 4.69) is 31.2 Å². The molecule has 1 aliphatic heterocycles. The van der Waals surface area contributed by atoms with Crippen LogP contribution >= 0.6 is 0 Å². The van der Waals surface area contributed by atoms with Gasteiger partial charge in [0.05, 0.1) is 6.04 Å². The van der Waals surface area contributed by atoms with Gasteiger partial charge in [-0.15, -0.1) is 0 Å². The molecule has 3 heteroatoms. The Hall–Kier alpha value is -2.13. The molecular formula is C21H25NO2. The normalized spacial score (nSPS) is 17.0. The SMILES string of the molecule is CCCO[C@H](c1ccccc1)C(c1ccccc1)N1CCCC1=O. The van der Waals surface area contributed by atoms with Gasteiger partial charge in [-0.05, 0) is 24.0 Å². The Morgan fingerprint density at radius 3 is 2.17 bits per heavy atom. The molecule has 3 nitrogen and oxygen atoms in total. The molecule has 2 aromatic carbocycles. The summed E-state index contributed by atoms with van der Waals surface area (Å²) in [5.74, 6) is 0.227. The largest absolute Gasteiger partial charge is 0.371 e. The summed E-state index contributed by atoms with van der Waals surface area (Å²) in [5, 5.41) is 0. The molecule has 1 saturated heterocycles. The van der Waals surface area contributed by atoms with Crippen LogP contribution in [0.1, 0.15) is 49.5 Å². The minimum Gasteiger partial charge on any atom is -0.371 e. The lowest BCUT2D eigenvalue weighted by Crippen LogP contribution is -2.35. The minimum absolute atomic E-state index is 0.0739. The second-order valence-corrected chi connectivity index (χ2v) is 6.25. The molecule has 2 aromatic rings. The van der Waals surface area contributed by atoms with Crippen molar-refractivity contribution in [2.24, 2.45) is 0 Å². The number of ether oxygens (including phenoxy) is 1. The molecule has 3 rings (SSSR count). The van der Waals surface area contributed by atoms with Gasteiger partial charge in [0.1, 0.15) is 6.10 Å². The van der Waals surface area contributed by atoms with Gasteiger partial charge in [0.25, 0.3) is 0 Å². The van der Waals surface area contributed by atoms with E-state index in [-0.39, 0.29) is 18.1 Å². The Morgan fingerprint density at radius 1 is 1.00 bits per heavy atom. The number of hydrogen-bond donors (Lipinski definition) is 0. The van der Waals surface area contributed by atoms with E-state index in [1.807, 2.05) is 41.3 Å². The summed E-state index contributed by atoms with van der Waals surface area (Å²) in [6.45, 7) is 3.60. The first kappa shape index (κ1) is 16.7. The van der Waals surface area contributed by atoms with Gasteiger partial charge in [0.2, 0.25) is 5.91 Å². The fraction of sp³-hybridized carbons (Fsp3) is 0.381. The van der Waals surface area contributed by atoms with Crippen LogP contribution in [-0.4, -0.2) is 24.0 Å². The molecule has 0 bridgehead atoms. The fourth-order valence-corrected chi connectivity index (χ4v) is 3.39. The first-order chi connectivity index (χ1) is 11.8. The number of carbonyl (C=O) groups excluding carboxylic acids is 1. The minimum atomic E-state index is -0.143. The maximum absolute atomic E-state index is 12.5. The predicted octanol–water partition coefficient (Wildman–Crippen LogP) is 4.52. The van der Waals surface area contributed by atoms with Gasteiger partial charge in [-0.25, -0.2) is 0 Å². The molecule has 2 atom stereocenters. The van der Waals surface area contributed by atoms with E-state index >= 15 is 0 Å². The number of carbonyl (C=O) groups is 1. The highest BCUT2D eigenvalue weighted by molar-refractivity contribution is 5.78. The maximum atomic E-state index is 12.5. The lowest BCUT2D eigenvalue weighted by Gasteiger charge is -2.35. The Morgan fingerprint density at radius 2 is 1.62 bits per heavy atom. The lowest BCUT2D eigenvalue weighted by molar-refractivity contribution is -0.133. The number of likely N-dealkylation sites (tertiary alicyclic amines) is 1. The van der Waals surface area contributed by atoms with Crippen LogP contribution in [-0.2, 0) is 9.53 Å². The Kier molecular flexibility index (Phi) is 5.65. The summed E-state index contributed by atoms with van der Waals surface area (Å²) in [7, 11) is 0. The average Bonchev–Trinajstić information content (AvgIpc) is 3.05. The van der Waals surface area contributed by atoms with Crippen molar-refractivity contribution in [1.82, 2.24) is 4.90 Å². The van der Waals surface area contributed by atoms with Gasteiger partial charge < -0.3 is 9.64 Å². The summed E-state index contributed by atoms with van der Waals surface area (Å²) >= 11 is 0. The zero-order valence-corrected chi connectivity index (χ0v) is 14.2. The Labute approximate surface area is 144 Å². The van der Waals surface area contributed by atoms with Crippen LogP contribution in [0.15, 0.2) is 60.7 Å². The Bertz CT molecular complexity index is 641. The monoisotopic (exact) mass is 323 g/mol. The van der Waals surface area contributed by atoms with Crippen molar-refractivity contribution in [1.29, 1.82) is 0 Å². The molecule has 0 spiro atoms. The van der Waals surface area contributed by atoms with Crippen LogP contribution < -0.4 is 0 Å². The van der Waals surface area contributed by atoms with Crippen molar-refractivity contribution in [3.63, 3.8) is 0 Å². The van der Waals surface area contributed by atoms with Gasteiger partial charge in [-0.3, -0.25) is 4.79 Å². The van der Waals surface area contributed by atoms with Crippen molar-refractivity contribution >= 4 is 5.91 Å². The van der Waals surface area contributed by atoms with E-state index < -0.39 is 0 Å². The molecule has 1 aliphatic rings. The quantitative estimate of drug-likeness (QED) is 0.750. The Balaban J connectivity index is 2.01. The van der Waals surface area contributed by atoms with Crippen molar-refractivity contribution in [2.45, 2.75) is 38.3 Å². The van der Waals surface area contributed by atoms with Crippen molar-refractivity contribution < 1.29 is 9.53 Å². The maximum Gasteiger partial charge on any atom is 0.223 e. The molecule has 0 aliphatic carbocycles. The zero-order chi connectivity index (χ0) is 16.8. The smallest absolute Gasteiger partial charge is 0.223 e. The third-order valence-electron chi connectivity index (χ3n) is 4.50.